The van der Waals surface area contributed by atoms with E-state index in [-0.39, 0.29) is 0 Å². The molecular weight excluding hydrogens is 336 g/mol. The molecule has 0 amide bonds. The molecule has 0 saturated carbocycles. The fourth-order valence-corrected chi connectivity index (χ4v) is 3.50. The number of likely N-dealkylation sites (tertiary alicyclic amines) is 1. The van der Waals surface area contributed by atoms with Gasteiger partial charge in [0, 0.05) is 30.7 Å². The number of piperidine rings is 1. The van der Waals surface area contributed by atoms with Crippen LogP contribution in [0, 0.1) is 0 Å². The SMILES string of the molecule is c1ccc(COc2nn(CCN3CCCCC3)cc2-c2cccnc2)cc1. The van der Waals surface area contributed by atoms with Gasteiger partial charge in [-0.25, -0.2) is 0 Å². The molecule has 1 saturated heterocycles. The number of aromatic nitrogens is 3. The lowest BCUT2D eigenvalue weighted by molar-refractivity contribution is 0.216. The molecule has 2 aromatic heterocycles. The second kappa shape index (κ2) is 8.82. The molecule has 3 aromatic rings. The maximum absolute atomic E-state index is 6.08. The summed E-state index contributed by atoms with van der Waals surface area (Å²) in [6, 6.07) is 14.2. The minimum absolute atomic E-state index is 0.511. The van der Waals surface area contributed by atoms with Crippen molar-refractivity contribution < 1.29 is 4.74 Å². The number of pyridine rings is 1. The molecule has 0 bridgehead atoms. The molecule has 1 aliphatic rings. The third kappa shape index (κ3) is 4.74. The van der Waals surface area contributed by atoms with E-state index in [1.165, 1.54) is 32.4 Å². The Morgan fingerprint density at radius 2 is 1.78 bits per heavy atom. The van der Waals surface area contributed by atoms with Gasteiger partial charge in [0.15, 0.2) is 0 Å². The fourth-order valence-electron chi connectivity index (χ4n) is 3.50. The molecule has 3 heterocycles. The number of nitrogens with zero attached hydrogens (tertiary/aromatic N) is 4. The van der Waals surface area contributed by atoms with Crippen LogP contribution in [-0.2, 0) is 13.2 Å². The molecule has 0 unspecified atom stereocenters. The zero-order valence-electron chi connectivity index (χ0n) is 15.6. The lowest BCUT2D eigenvalue weighted by Crippen LogP contribution is -2.32. The first-order valence-electron chi connectivity index (χ1n) is 9.75. The molecular formula is C22H26N4O. The first-order chi connectivity index (χ1) is 13.4. The zero-order chi connectivity index (χ0) is 18.3. The van der Waals surface area contributed by atoms with Crippen LogP contribution in [0.1, 0.15) is 24.8 Å². The Balaban J connectivity index is 1.49. The van der Waals surface area contributed by atoms with Crippen LogP contribution in [0.2, 0.25) is 0 Å². The molecule has 0 spiro atoms. The summed E-state index contributed by atoms with van der Waals surface area (Å²) in [5.41, 5.74) is 3.17. The molecule has 5 heteroatoms. The fraction of sp³-hybridized carbons (Fsp3) is 0.364. The van der Waals surface area contributed by atoms with Crippen molar-refractivity contribution in [2.45, 2.75) is 32.4 Å². The first kappa shape index (κ1) is 17.7. The smallest absolute Gasteiger partial charge is 0.241 e. The van der Waals surface area contributed by atoms with Gasteiger partial charge >= 0.3 is 0 Å². The van der Waals surface area contributed by atoms with Crippen LogP contribution in [0.25, 0.3) is 11.1 Å². The van der Waals surface area contributed by atoms with Crippen molar-refractivity contribution in [1.82, 2.24) is 19.7 Å². The molecule has 4 rings (SSSR count). The van der Waals surface area contributed by atoms with Crippen LogP contribution < -0.4 is 4.74 Å². The summed E-state index contributed by atoms with van der Waals surface area (Å²) in [6.45, 7) is 4.83. The van der Waals surface area contributed by atoms with Gasteiger partial charge in [0.05, 0.1) is 12.1 Å². The van der Waals surface area contributed by atoms with Crippen LogP contribution in [0.4, 0.5) is 0 Å². The van der Waals surface area contributed by atoms with Crippen molar-refractivity contribution in [1.29, 1.82) is 0 Å². The van der Waals surface area contributed by atoms with Gasteiger partial charge in [0.1, 0.15) is 6.61 Å². The summed E-state index contributed by atoms with van der Waals surface area (Å²) in [5, 5.41) is 4.73. The monoisotopic (exact) mass is 362 g/mol. The Hall–Kier alpha value is -2.66. The zero-order valence-corrected chi connectivity index (χ0v) is 15.6. The highest BCUT2D eigenvalue weighted by Gasteiger charge is 2.15. The highest BCUT2D eigenvalue weighted by molar-refractivity contribution is 5.66. The molecule has 0 atom stereocenters. The van der Waals surface area contributed by atoms with E-state index >= 15 is 0 Å². The predicted octanol–water partition coefficient (Wildman–Crippen LogP) is 4.01. The van der Waals surface area contributed by atoms with Crippen molar-refractivity contribution in [3.63, 3.8) is 0 Å². The first-order valence-corrected chi connectivity index (χ1v) is 9.75. The van der Waals surface area contributed by atoms with E-state index in [2.05, 4.69) is 28.2 Å². The average Bonchev–Trinajstić information content (AvgIpc) is 3.16. The molecule has 0 radical (unpaired) electrons. The van der Waals surface area contributed by atoms with Crippen LogP contribution in [-0.4, -0.2) is 39.3 Å². The average molecular weight is 362 g/mol. The number of rotatable bonds is 7. The molecule has 0 aliphatic carbocycles. The molecule has 1 aromatic carbocycles. The van der Waals surface area contributed by atoms with E-state index in [0.29, 0.717) is 12.5 Å². The minimum Gasteiger partial charge on any atom is -0.471 e. The van der Waals surface area contributed by atoms with E-state index in [1.807, 2.05) is 41.2 Å². The summed E-state index contributed by atoms with van der Waals surface area (Å²) in [5.74, 6) is 0.672. The Morgan fingerprint density at radius 1 is 0.926 bits per heavy atom. The summed E-state index contributed by atoms with van der Waals surface area (Å²) < 4.78 is 8.09. The third-order valence-electron chi connectivity index (χ3n) is 5.01. The minimum atomic E-state index is 0.511. The van der Waals surface area contributed by atoms with Crippen LogP contribution in [0.5, 0.6) is 5.88 Å². The predicted molar refractivity (Wildman–Crippen MR) is 107 cm³/mol. The van der Waals surface area contributed by atoms with Crippen molar-refractivity contribution in [2.75, 3.05) is 19.6 Å². The highest BCUT2D eigenvalue weighted by Crippen LogP contribution is 2.29. The third-order valence-corrected chi connectivity index (χ3v) is 5.01. The largest absolute Gasteiger partial charge is 0.471 e. The summed E-state index contributed by atoms with van der Waals surface area (Å²) in [7, 11) is 0. The van der Waals surface area contributed by atoms with Crippen molar-refractivity contribution in [3.05, 3.63) is 66.6 Å². The van der Waals surface area contributed by atoms with E-state index in [4.69, 9.17) is 9.84 Å². The summed E-state index contributed by atoms with van der Waals surface area (Å²) in [4.78, 5) is 6.78. The summed E-state index contributed by atoms with van der Waals surface area (Å²) >= 11 is 0. The Morgan fingerprint density at radius 3 is 2.56 bits per heavy atom. The van der Waals surface area contributed by atoms with Gasteiger partial charge in [-0.15, -0.1) is 5.10 Å². The second-order valence-electron chi connectivity index (χ2n) is 7.03. The van der Waals surface area contributed by atoms with Crippen molar-refractivity contribution >= 4 is 0 Å². The molecule has 27 heavy (non-hydrogen) atoms. The maximum Gasteiger partial charge on any atom is 0.241 e. The van der Waals surface area contributed by atoms with Gasteiger partial charge < -0.3 is 9.64 Å². The molecule has 140 valence electrons. The van der Waals surface area contributed by atoms with E-state index < -0.39 is 0 Å². The second-order valence-corrected chi connectivity index (χ2v) is 7.03. The quantitative estimate of drug-likeness (QED) is 0.637. The van der Waals surface area contributed by atoms with Crippen LogP contribution >= 0.6 is 0 Å². The van der Waals surface area contributed by atoms with Crippen LogP contribution in [0.15, 0.2) is 61.1 Å². The van der Waals surface area contributed by atoms with E-state index in [1.54, 1.807) is 6.20 Å². The maximum atomic E-state index is 6.08. The van der Waals surface area contributed by atoms with E-state index in [0.717, 1.165) is 29.8 Å². The van der Waals surface area contributed by atoms with Crippen molar-refractivity contribution in [2.24, 2.45) is 0 Å². The Bertz CT molecular complexity index is 826. The van der Waals surface area contributed by atoms with Gasteiger partial charge in [0.25, 0.3) is 0 Å². The van der Waals surface area contributed by atoms with Crippen molar-refractivity contribution in [3.8, 4) is 17.0 Å². The molecule has 1 aliphatic heterocycles. The highest BCUT2D eigenvalue weighted by atomic mass is 16.5. The standard InChI is InChI=1S/C22H26N4O/c1-3-8-19(9-4-1)18-27-22-21(20-10-7-11-23-16-20)17-26(24-22)15-14-25-12-5-2-6-13-25/h1,3-4,7-11,16-17H,2,5-6,12-15,18H2. The van der Waals surface area contributed by atoms with Gasteiger partial charge in [0.2, 0.25) is 5.88 Å². The van der Waals surface area contributed by atoms with Gasteiger partial charge in [-0.05, 0) is 37.6 Å². The normalized spacial score (nSPS) is 15.0. The van der Waals surface area contributed by atoms with Gasteiger partial charge in [-0.3, -0.25) is 9.67 Å². The lowest BCUT2D eigenvalue weighted by atomic mass is 10.1. The molecule has 5 nitrogen and oxygen atoms in total. The van der Waals surface area contributed by atoms with E-state index in [9.17, 15) is 0 Å². The number of ether oxygens (including phenoxy) is 1. The van der Waals surface area contributed by atoms with Crippen LogP contribution in [0.3, 0.4) is 0 Å². The van der Waals surface area contributed by atoms with Gasteiger partial charge in [-0.1, -0.05) is 42.8 Å². The number of benzene rings is 1. The Labute approximate surface area is 160 Å². The molecule has 0 N–H and O–H groups in total. The Kier molecular flexibility index (Phi) is 5.80. The lowest BCUT2D eigenvalue weighted by Gasteiger charge is -2.26. The topological polar surface area (TPSA) is 43.2 Å². The van der Waals surface area contributed by atoms with Gasteiger partial charge in [-0.2, -0.15) is 0 Å². The number of hydrogen-bond acceptors (Lipinski definition) is 4. The summed E-state index contributed by atoms with van der Waals surface area (Å²) in [6.07, 6.45) is 9.72. The molecule has 1 fully saturated rings. The number of hydrogen-bond donors (Lipinski definition) is 0.